The van der Waals surface area contributed by atoms with Crippen LogP contribution < -0.4 is 0 Å². The molecule has 0 aliphatic carbocycles. The van der Waals surface area contributed by atoms with E-state index in [0.29, 0.717) is 6.42 Å². The molecule has 0 saturated carbocycles. The fourth-order valence-electron chi connectivity index (χ4n) is 1.79. The Kier molecular flexibility index (Phi) is 8.37. The average molecular weight is 289 g/mol. The van der Waals surface area contributed by atoms with Crippen molar-refractivity contribution in [3.8, 4) is 0 Å². The number of aliphatic imine (C=N–C) groups is 1. The number of nitrogens with zero attached hydrogens (tertiary/aromatic N) is 1. The number of carbonyl (C=O) groups excluding carboxylic acids is 1. The van der Waals surface area contributed by atoms with E-state index in [9.17, 15) is 4.79 Å². The van der Waals surface area contributed by atoms with Gasteiger partial charge in [-0.2, -0.15) is 4.99 Å². The number of isocyanates is 1. The summed E-state index contributed by atoms with van der Waals surface area (Å²) < 4.78 is 18.0. The maximum absolute atomic E-state index is 10.6. The maximum Gasteiger partial charge on any atom is 0.528 e. The van der Waals surface area contributed by atoms with Gasteiger partial charge < -0.3 is 13.3 Å². The first kappa shape index (κ1) is 18.5. The molecule has 6 heteroatoms. The van der Waals surface area contributed by atoms with Crippen LogP contribution in [-0.2, 0) is 18.1 Å². The van der Waals surface area contributed by atoms with Gasteiger partial charge >= 0.3 is 8.80 Å². The second-order valence-corrected chi connectivity index (χ2v) is 7.83. The molecule has 0 aliphatic rings. The SMILES string of the molecule is CC[C@@H](N=C=O)[Si](OC(C)C)(OC(C)C)OC(C)C. The highest BCUT2D eigenvalue weighted by atomic mass is 28.4. The molecule has 0 unspecified atom stereocenters. The standard InChI is InChI=1S/C13H27NO4Si/c1-8-13(14-9-15)19(16-10(2)3,17-11(4)5)18-12(6)7/h10-13H,8H2,1-7H3/t13-/m0/s1. The Morgan fingerprint density at radius 1 is 0.947 bits per heavy atom. The van der Waals surface area contributed by atoms with Crippen molar-refractivity contribution in [3.05, 3.63) is 0 Å². The zero-order chi connectivity index (χ0) is 15.1. The first-order chi connectivity index (χ1) is 8.77. The van der Waals surface area contributed by atoms with Crippen LogP contribution in [-0.4, -0.2) is 38.9 Å². The molecule has 0 saturated heterocycles. The van der Waals surface area contributed by atoms with Crippen LogP contribution in [0.25, 0.3) is 0 Å². The van der Waals surface area contributed by atoms with Gasteiger partial charge in [0.25, 0.3) is 0 Å². The van der Waals surface area contributed by atoms with Gasteiger partial charge in [-0.15, -0.1) is 0 Å². The molecular weight excluding hydrogens is 262 g/mol. The molecule has 0 radical (unpaired) electrons. The van der Waals surface area contributed by atoms with Crippen molar-refractivity contribution >= 4 is 14.9 Å². The zero-order valence-corrected chi connectivity index (χ0v) is 14.1. The van der Waals surface area contributed by atoms with Gasteiger partial charge in [0.05, 0.1) is 0 Å². The molecule has 0 bridgehead atoms. The molecule has 1 atom stereocenters. The highest BCUT2D eigenvalue weighted by Gasteiger charge is 2.52. The first-order valence-electron chi connectivity index (χ1n) is 6.87. The van der Waals surface area contributed by atoms with Crippen LogP contribution in [0.1, 0.15) is 54.9 Å². The van der Waals surface area contributed by atoms with Crippen LogP contribution in [0.3, 0.4) is 0 Å². The molecule has 0 amide bonds. The normalized spacial score (nSPS) is 14.0. The van der Waals surface area contributed by atoms with E-state index in [1.165, 1.54) is 0 Å². The van der Waals surface area contributed by atoms with Crippen molar-refractivity contribution < 1.29 is 18.1 Å². The van der Waals surface area contributed by atoms with Gasteiger partial charge in [0, 0.05) is 18.3 Å². The minimum Gasteiger partial charge on any atom is -0.370 e. The van der Waals surface area contributed by atoms with Crippen LogP contribution in [0.2, 0.25) is 0 Å². The van der Waals surface area contributed by atoms with Crippen LogP contribution in [0.5, 0.6) is 0 Å². The second kappa shape index (κ2) is 8.61. The zero-order valence-electron chi connectivity index (χ0n) is 13.1. The molecule has 0 N–H and O–H groups in total. The third-order valence-corrected chi connectivity index (χ3v) is 5.96. The van der Waals surface area contributed by atoms with Crippen molar-refractivity contribution in [1.82, 2.24) is 0 Å². The Balaban J connectivity index is 5.47. The first-order valence-corrected chi connectivity index (χ1v) is 8.68. The monoisotopic (exact) mass is 289 g/mol. The van der Waals surface area contributed by atoms with Crippen LogP contribution in [0.4, 0.5) is 0 Å². The van der Waals surface area contributed by atoms with Gasteiger partial charge in [-0.25, -0.2) is 4.79 Å². The summed E-state index contributed by atoms with van der Waals surface area (Å²) in [5.41, 5.74) is -0.405. The van der Waals surface area contributed by atoms with Gasteiger partial charge in [-0.05, 0) is 48.0 Å². The molecule has 0 aliphatic heterocycles. The summed E-state index contributed by atoms with van der Waals surface area (Å²) in [4.78, 5) is 14.5. The molecule has 0 aromatic rings. The topological polar surface area (TPSA) is 57.1 Å². The highest BCUT2D eigenvalue weighted by Crippen LogP contribution is 2.25. The predicted octanol–water partition coefficient (Wildman–Crippen LogP) is 2.85. The fourth-order valence-corrected chi connectivity index (χ4v) is 5.11. The molecular formula is C13H27NO4Si. The van der Waals surface area contributed by atoms with Gasteiger partial charge in [0.1, 0.15) is 5.67 Å². The van der Waals surface area contributed by atoms with E-state index in [1.807, 2.05) is 48.5 Å². The maximum atomic E-state index is 10.6. The average Bonchev–Trinajstić information content (AvgIpc) is 2.22. The summed E-state index contributed by atoms with van der Waals surface area (Å²) in [7, 11) is -3.06. The van der Waals surface area contributed by atoms with Gasteiger partial charge in [-0.3, -0.25) is 0 Å². The van der Waals surface area contributed by atoms with Crippen molar-refractivity contribution in [1.29, 1.82) is 0 Å². The smallest absolute Gasteiger partial charge is 0.370 e. The lowest BCUT2D eigenvalue weighted by Gasteiger charge is -2.37. The van der Waals surface area contributed by atoms with Gasteiger partial charge in [-0.1, -0.05) is 6.92 Å². The molecule has 0 spiro atoms. The quantitative estimate of drug-likeness (QED) is 0.372. The molecule has 0 aromatic carbocycles. The van der Waals surface area contributed by atoms with Crippen molar-refractivity contribution in [2.45, 2.75) is 78.9 Å². The summed E-state index contributed by atoms with van der Waals surface area (Å²) >= 11 is 0. The minimum absolute atomic E-state index is 0.0555. The van der Waals surface area contributed by atoms with E-state index >= 15 is 0 Å². The molecule has 5 nitrogen and oxygen atoms in total. The summed E-state index contributed by atoms with van der Waals surface area (Å²) in [6.07, 6.45) is 2.07. The lowest BCUT2D eigenvalue weighted by Crippen LogP contribution is -2.59. The largest absolute Gasteiger partial charge is 0.528 e. The van der Waals surface area contributed by atoms with E-state index in [-0.39, 0.29) is 18.3 Å². The summed E-state index contributed by atoms with van der Waals surface area (Å²) in [5, 5.41) is 0. The van der Waals surface area contributed by atoms with Crippen LogP contribution in [0.15, 0.2) is 4.99 Å². The number of rotatable bonds is 9. The highest BCUT2D eigenvalue weighted by molar-refractivity contribution is 6.62. The lowest BCUT2D eigenvalue weighted by atomic mass is 10.5. The van der Waals surface area contributed by atoms with E-state index in [4.69, 9.17) is 13.3 Å². The summed E-state index contributed by atoms with van der Waals surface area (Å²) in [6, 6.07) is 0. The Labute approximate surface area is 117 Å². The Morgan fingerprint density at radius 3 is 1.53 bits per heavy atom. The third-order valence-electron chi connectivity index (χ3n) is 2.20. The van der Waals surface area contributed by atoms with Gasteiger partial charge in [0.2, 0.25) is 6.08 Å². The van der Waals surface area contributed by atoms with E-state index in [1.54, 1.807) is 6.08 Å². The van der Waals surface area contributed by atoms with Crippen LogP contribution >= 0.6 is 0 Å². The molecule has 0 fully saturated rings. The number of hydrogen-bond acceptors (Lipinski definition) is 5. The molecule has 112 valence electrons. The minimum atomic E-state index is -3.06. The summed E-state index contributed by atoms with van der Waals surface area (Å²) in [5.74, 6) is 0. The molecule has 0 aromatic heterocycles. The Bertz CT molecular complexity index is 274. The van der Waals surface area contributed by atoms with Crippen molar-refractivity contribution in [2.75, 3.05) is 0 Å². The Morgan fingerprint density at radius 2 is 1.32 bits per heavy atom. The lowest BCUT2D eigenvalue weighted by molar-refractivity contribution is -0.00400. The predicted molar refractivity (Wildman–Crippen MR) is 76.6 cm³/mol. The molecule has 19 heavy (non-hydrogen) atoms. The van der Waals surface area contributed by atoms with Gasteiger partial charge in [0.15, 0.2) is 0 Å². The fraction of sp³-hybridized carbons (Fsp3) is 0.923. The van der Waals surface area contributed by atoms with E-state index < -0.39 is 14.5 Å². The molecule has 0 rings (SSSR count). The molecule has 0 heterocycles. The van der Waals surface area contributed by atoms with E-state index in [2.05, 4.69) is 4.99 Å². The third kappa shape index (κ3) is 6.45. The van der Waals surface area contributed by atoms with Crippen molar-refractivity contribution in [3.63, 3.8) is 0 Å². The summed E-state index contributed by atoms with van der Waals surface area (Å²) in [6.45, 7) is 13.5. The van der Waals surface area contributed by atoms with E-state index in [0.717, 1.165) is 0 Å². The Hall–Kier alpha value is -0.523. The second-order valence-electron chi connectivity index (χ2n) is 5.25. The van der Waals surface area contributed by atoms with Crippen LogP contribution in [0, 0.1) is 0 Å². The van der Waals surface area contributed by atoms with Crippen molar-refractivity contribution in [2.24, 2.45) is 4.99 Å². The number of hydrogen-bond donors (Lipinski definition) is 0.